The second-order valence-electron chi connectivity index (χ2n) is 7.08. The van der Waals surface area contributed by atoms with Crippen molar-refractivity contribution in [3.05, 3.63) is 29.3 Å². The molecular formula is C17H22F3NO3. The topological polar surface area (TPSA) is 49.8 Å². The van der Waals surface area contributed by atoms with E-state index >= 15 is 0 Å². The molecule has 4 nitrogen and oxygen atoms in total. The lowest BCUT2D eigenvalue weighted by Crippen LogP contribution is -2.42. The molecule has 1 unspecified atom stereocenters. The van der Waals surface area contributed by atoms with Crippen LogP contribution in [0.3, 0.4) is 0 Å². The highest BCUT2D eigenvalue weighted by Gasteiger charge is 2.33. The molecule has 1 N–H and O–H groups in total. The Hall–Kier alpha value is -1.92. The summed E-state index contributed by atoms with van der Waals surface area (Å²) in [4.78, 5) is 13.7. The maximum Gasteiger partial charge on any atom is 0.416 e. The quantitative estimate of drug-likeness (QED) is 0.814. The maximum atomic E-state index is 12.9. The molecule has 1 aromatic rings. The number of carbonyl (C=O) groups is 1. The lowest BCUT2D eigenvalue weighted by atomic mass is 9.89. The Labute approximate surface area is 139 Å². The van der Waals surface area contributed by atoms with E-state index in [0.29, 0.717) is 31.0 Å². The molecule has 2 rings (SSSR count). The Kier molecular flexibility index (Phi) is 5.01. The van der Waals surface area contributed by atoms with Crippen LogP contribution in [0.4, 0.5) is 18.0 Å². The zero-order valence-corrected chi connectivity index (χ0v) is 14.0. The van der Waals surface area contributed by atoms with Crippen LogP contribution in [0.15, 0.2) is 18.2 Å². The molecule has 1 fully saturated rings. The van der Waals surface area contributed by atoms with Crippen LogP contribution in [0.5, 0.6) is 5.75 Å². The van der Waals surface area contributed by atoms with Crippen molar-refractivity contribution in [3.8, 4) is 5.75 Å². The van der Waals surface area contributed by atoms with Gasteiger partial charge in [-0.2, -0.15) is 13.2 Å². The van der Waals surface area contributed by atoms with E-state index < -0.39 is 29.2 Å². The predicted octanol–water partition coefficient (Wildman–Crippen LogP) is 4.53. The number of phenolic OH excluding ortho intramolecular Hbond substituents is 1. The Morgan fingerprint density at radius 2 is 1.92 bits per heavy atom. The fourth-order valence-corrected chi connectivity index (χ4v) is 2.78. The van der Waals surface area contributed by atoms with E-state index in [0.717, 1.165) is 6.07 Å². The van der Waals surface area contributed by atoms with Crippen molar-refractivity contribution in [2.45, 2.75) is 51.3 Å². The van der Waals surface area contributed by atoms with Crippen LogP contribution in [-0.2, 0) is 10.9 Å². The summed E-state index contributed by atoms with van der Waals surface area (Å²) < 4.78 is 44.1. The molecule has 0 aliphatic carbocycles. The molecule has 7 heteroatoms. The fourth-order valence-electron chi connectivity index (χ4n) is 2.78. The third-order valence-electron chi connectivity index (χ3n) is 3.81. The van der Waals surface area contributed by atoms with Gasteiger partial charge in [0.2, 0.25) is 0 Å². The van der Waals surface area contributed by atoms with Crippen LogP contribution in [0, 0.1) is 0 Å². The monoisotopic (exact) mass is 345 g/mol. The minimum Gasteiger partial charge on any atom is -0.508 e. The van der Waals surface area contributed by atoms with E-state index in [9.17, 15) is 23.1 Å². The molecule has 1 aliphatic rings. The van der Waals surface area contributed by atoms with Crippen LogP contribution in [0.1, 0.15) is 50.7 Å². The van der Waals surface area contributed by atoms with Gasteiger partial charge < -0.3 is 14.7 Å². The average Bonchev–Trinajstić information content (AvgIpc) is 2.44. The number of likely N-dealkylation sites (tertiary alicyclic amines) is 1. The first-order valence-corrected chi connectivity index (χ1v) is 7.85. The maximum absolute atomic E-state index is 12.9. The molecule has 1 saturated heterocycles. The van der Waals surface area contributed by atoms with Gasteiger partial charge in [-0.1, -0.05) is 0 Å². The molecular weight excluding hydrogens is 323 g/mol. The molecule has 0 radical (unpaired) electrons. The molecule has 1 heterocycles. The number of nitrogens with zero attached hydrogens (tertiary/aromatic N) is 1. The number of alkyl halides is 3. The summed E-state index contributed by atoms with van der Waals surface area (Å²) in [7, 11) is 0. The number of ether oxygens (including phenoxy) is 1. The molecule has 1 atom stereocenters. The number of piperidine rings is 1. The second kappa shape index (κ2) is 6.53. The molecule has 24 heavy (non-hydrogen) atoms. The van der Waals surface area contributed by atoms with Gasteiger partial charge in [0.15, 0.2) is 0 Å². The Morgan fingerprint density at radius 3 is 2.50 bits per heavy atom. The van der Waals surface area contributed by atoms with E-state index in [1.54, 1.807) is 20.8 Å². The smallest absolute Gasteiger partial charge is 0.416 e. The van der Waals surface area contributed by atoms with Crippen molar-refractivity contribution < 1.29 is 27.8 Å². The number of amides is 1. The average molecular weight is 345 g/mol. The first-order chi connectivity index (χ1) is 11.0. The molecule has 134 valence electrons. The van der Waals surface area contributed by atoms with Gasteiger partial charge in [-0.25, -0.2) is 4.79 Å². The van der Waals surface area contributed by atoms with Gasteiger partial charge in [-0.05, 0) is 57.4 Å². The van der Waals surface area contributed by atoms with Gasteiger partial charge in [-0.15, -0.1) is 0 Å². The van der Waals surface area contributed by atoms with Gasteiger partial charge in [0.05, 0.1) is 5.56 Å². The molecule has 0 saturated carbocycles. The van der Waals surface area contributed by atoms with Crippen LogP contribution in [0.2, 0.25) is 0 Å². The van der Waals surface area contributed by atoms with Crippen LogP contribution in [0.25, 0.3) is 0 Å². The third kappa shape index (κ3) is 4.79. The minimum absolute atomic E-state index is 0.264. The fraction of sp³-hybridized carbons (Fsp3) is 0.588. The lowest BCUT2D eigenvalue weighted by molar-refractivity contribution is -0.137. The number of rotatable bonds is 1. The van der Waals surface area contributed by atoms with Gasteiger partial charge in [0.25, 0.3) is 0 Å². The number of hydrogen-bond donors (Lipinski definition) is 1. The molecule has 1 aromatic carbocycles. The van der Waals surface area contributed by atoms with Crippen molar-refractivity contribution in [1.29, 1.82) is 0 Å². The predicted molar refractivity (Wildman–Crippen MR) is 82.9 cm³/mol. The van der Waals surface area contributed by atoms with Crippen molar-refractivity contribution in [2.24, 2.45) is 0 Å². The van der Waals surface area contributed by atoms with Gasteiger partial charge in [-0.3, -0.25) is 0 Å². The van der Waals surface area contributed by atoms with Gasteiger partial charge in [0, 0.05) is 19.0 Å². The van der Waals surface area contributed by atoms with Gasteiger partial charge >= 0.3 is 12.3 Å². The number of benzene rings is 1. The van der Waals surface area contributed by atoms with E-state index in [1.165, 1.54) is 11.0 Å². The summed E-state index contributed by atoms with van der Waals surface area (Å²) >= 11 is 0. The van der Waals surface area contributed by atoms with Crippen molar-refractivity contribution >= 4 is 6.09 Å². The zero-order chi connectivity index (χ0) is 18.1. The third-order valence-corrected chi connectivity index (χ3v) is 3.81. The lowest BCUT2D eigenvalue weighted by Gasteiger charge is -2.34. The van der Waals surface area contributed by atoms with E-state index in [2.05, 4.69) is 0 Å². The molecule has 1 amide bonds. The molecule has 1 aliphatic heterocycles. The van der Waals surface area contributed by atoms with Gasteiger partial charge in [0.1, 0.15) is 11.4 Å². The van der Waals surface area contributed by atoms with E-state index in [-0.39, 0.29) is 12.5 Å². The van der Waals surface area contributed by atoms with Crippen molar-refractivity contribution in [2.75, 3.05) is 13.1 Å². The molecule has 0 spiro atoms. The summed E-state index contributed by atoms with van der Waals surface area (Å²) in [6.45, 7) is 6.07. The van der Waals surface area contributed by atoms with E-state index in [4.69, 9.17) is 4.74 Å². The largest absolute Gasteiger partial charge is 0.508 e. The number of phenols is 1. The number of aromatic hydroxyl groups is 1. The summed E-state index contributed by atoms with van der Waals surface area (Å²) in [6, 6.07) is 3.08. The SMILES string of the molecule is CC(C)(C)OC(=O)N1CCCC(c2cc(O)cc(C(F)(F)F)c2)C1. The highest BCUT2D eigenvalue weighted by molar-refractivity contribution is 5.68. The zero-order valence-electron chi connectivity index (χ0n) is 14.0. The second-order valence-corrected chi connectivity index (χ2v) is 7.08. The van der Waals surface area contributed by atoms with Crippen LogP contribution >= 0.6 is 0 Å². The van der Waals surface area contributed by atoms with E-state index in [1.807, 2.05) is 0 Å². The van der Waals surface area contributed by atoms with Crippen molar-refractivity contribution in [1.82, 2.24) is 4.90 Å². The molecule has 0 bridgehead atoms. The normalized spacial score (nSPS) is 19.2. The number of halogens is 3. The number of hydrogen-bond acceptors (Lipinski definition) is 3. The van der Waals surface area contributed by atoms with Crippen molar-refractivity contribution in [3.63, 3.8) is 0 Å². The Bertz CT molecular complexity index is 608. The summed E-state index contributed by atoms with van der Waals surface area (Å²) in [5.74, 6) is -0.686. The summed E-state index contributed by atoms with van der Waals surface area (Å²) in [6.07, 6.45) is -3.67. The minimum atomic E-state index is -4.52. The Morgan fingerprint density at radius 1 is 1.25 bits per heavy atom. The van der Waals surface area contributed by atoms with Crippen LogP contribution < -0.4 is 0 Å². The highest BCUT2D eigenvalue weighted by atomic mass is 19.4. The summed E-state index contributed by atoms with van der Waals surface area (Å²) in [5, 5.41) is 9.61. The highest BCUT2D eigenvalue weighted by Crippen LogP contribution is 2.36. The Balaban J connectivity index is 2.18. The first kappa shape index (κ1) is 18.4. The standard InChI is InChI=1S/C17H22F3NO3/c1-16(2,3)24-15(23)21-6-4-5-11(10-21)12-7-13(17(18,19)20)9-14(22)8-12/h7-9,11,22H,4-6,10H2,1-3H3. The van der Waals surface area contributed by atoms with Crippen LogP contribution in [-0.4, -0.2) is 34.8 Å². The molecule has 0 aromatic heterocycles. The number of carbonyl (C=O) groups excluding carboxylic acids is 1. The first-order valence-electron chi connectivity index (χ1n) is 7.85. The summed E-state index contributed by atoms with van der Waals surface area (Å²) in [5.41, 5.74) is -1.12.